The van der Waals surface area contributed by atoms with Crippen LogP contribution >= 0.6 is 0 Å². The summed E-state index contributed by atoms with van der Waals surface area (Å²) in [6.45, 7) is 1.85. The van der Waals surface area contributed by atoms with E-state index in [1.165, 1.54) is 0 Å². The lowest BCUT2D eigenvalue weighted by atomic mass is 9.71. The van der Waals surface area contributed by atoms with Crippen molar-refractivity contribution < 1.29 is 28.9 Å². The number of anilines is 1. The second-order valence-electron chi connectivity index (χ2n) is 9.91. The molecule has 0 fully saturated rings. The van der Waals surface area contributed by atoms with E-state index >= 15 is 0 Å². The molecule has 3 aromatic rings. The summed E-state index contributed by atoms with van der Waals surface area (Å²) in [6, 6.07) is 19.5. The molecule has 3 aromatic carbocycles. The second-order valence-corrected chi connectivity index (χ2v) is 9.91. The number of aromatic hydroxyl groups is 1. The van der Waals surface area contributed by atoms with Crippen LogP contribution in [0.2, 0.25) is 0 Å². The number of carbonyl (C=O) groups excluding carboxylic acids is 2. The highest BCUT2D eigenvalue weighted by Crippen LogP contribution is 2.46. The molecule has 2 aliphatic rings. The van der Waals surface area contributed by atoms with Gasteiger partial charge in [-0.3, -0.25) is 9.59 Å². The molecule has 1 aliphatic heterocycles. The lowest BCUT2D eigenvalue weighted by Crippen LogP contribution is -2.37. The molecule has 5 rings (SSSR count). The Hall–Kier alpha value is -4.72. The first kappa shape index (κ1) is 26.9. The van der Waals surface area contributed by atoms with Crippen LogP contribution in [0.3, 0.4) is 0 Å². The molecule has 1 amide bonds. The third-order valence-electron chi connectivity index (χ3n) is 7.53. The van der Waals surface area contributed by atoms with Gasteiger partial charge in [-0.25, -0.2) is 0 Å². The highest BCUT2D eigenvalue weighted by Gasteiger charge is 2.41. The third-order valence-corrected chi connectivity index (χ3v) is 7.53. The van der Waals surface area contributed by atoms with Gasteiger partial charge in [0.15, 0.2) is 17.3 Å². The molecule has 0 aromatic heterocycles. The van der Waals surface area contributed by atoms with Gasteiger partial charge >= 0.3 is 0 Å². The van der Waals surface area contributed by atoms with E-state index in [1.807, 2.05) is 25.1 Å². The van der Waals surface area contributed by atoms with Crippen LogP contribution in [-0.4, -0.2) is 38.1 Å². The largest absolute Gasteiger partial charge is 0.508 e. The minimum absolute atomic E-state index is 0.0335. The van der Waals surface area contributed by atoms with Crippen molar-refractivity contribution in [3.8, 4) is 23.0 Å². The fraction of sp³-hybridized carbons (Fsp3) is 0.250. The van der Waals surface area contributed by atoms with Crippen LogP contribution in [0, 0.1) is 0 Å². The van der Waals surface area contributed by atoms with Gasteiger partial charge in [-0.05, 0) is 78.9 Å². The van der Waals surface area contributed by atoms with Crippen LogP contribution in [0.1, 0.15) is 42.7 Å². The number of amides is 1. The van der Waals surface area contributed by atoms with Gasteiger partial charge in [-0.1, -0.05) is 18.2 Å². The van der Waals surface area contributed by atoms with Crippen LogP contribution < -0.4 is 24.8 Å². The molecule has 2 atom stereocenters. The fourth-order valence-electron chi connectivity index (χ4n) is 5.56. The Bertz CT molecular complexity index is 1510. The number of hydrogen-bond donors (Lipinski definition) is 3. The van der Waals surface area contributed by atoms with Crippen molar-refractivity contribution in [2.45, 2.75) is 31.6 Å². The monoisotopic (exact) mass is 540 g/mol. The van der Waals surface area contributed by atoms with E-state index in [0.29, 0.717) is 46.2 Å². The number of ketones is 1. The van der Waals surface area contributed by atoms with Gasteiger partial charge in [0.05, 0.1) is 21.3 Å². The zero-order chi connectivity index (χ0) is 28.4. The minimum Gasteiger partial charge on any atom is -0.508 e. The van der Waals surface area contributed by atoms with E-state index < -0.39 is 5.92 Å². The molecule has 40 heavy (non-hydrogen) atoms. The Morgan fingerprint density at radius 3 is 2.20 bits per heavy atom. The summed E-state index contributed by atoms with van der Waals surface area (Å²) in [5.74, 6) is 1.03. The van der Waals surface area contributed by atoms with Gasteiger partial charge in [0.1, 0.15) is 11.5 Å². The first-order valence-electron chi connectivity index (χ1n) is 13.0. The van der Waals surface area contributed by atoms with Crippen LogP contribution in [0.5, 0.6) is 23.0 Å². The van der Waals surface area contributed by atoms with E-state index in [4.69, 9.17) is 14.2 Å². The Kier molecular flexibility index (Phi) is 7.51. The van der Waals surface area contributed by atoms with Crippen LogP contribution in [0.4, 0.5) is 5.69 Å². The number of phenolic OH excluding ortho intramolecular Hbond substituents is 1. The van der Waals surface area contributed by atoms with Gasteiger partial charge < -0.3 is 30.0 Å². The van der Waals surface area contributed by atoms with Gasteiger partial charge in [-0.2, -0.15) is 0 Å². The number of phenols is 1. The quantitative estimate of drug-likeness (QED) is 0.368. The summed E-state index contributed by atoms with van der Waals surface area (Å²) < 4.78 is 16.1. The smallest absolute Gasteiger partial charge is 0.254 e. The third kappa shape index (κ3) is 5.12. The van der Waals surface area contributed by atoms with E-state index in [2.05, 4.69) is 10.6 Å². The number of methoxy groups -OCH3 is 3. The first-order chi connectivity index (χ1) is 19.3. The number of benzene rings is 3. The van der Waals surface area contributed by atoms with Gasteiger partial charge in [-0.15, -0.1) is 0 Å². The van der Waals surface area contributed by atoms with Gasteiger partial charge in [0.2, 0.25) is 0 Å². The molecule has 0 bridgehead atoms. The maximum absolute atomic E-state index is 13.9. The number of dihydropyridines is 1. The molecule has 1 aliphatic carbocycles. The Morgan fingerprint density at radius 2 is 1.55 bits per heavy atom. The molecule has 3 N–H and O–H groups in total. The minimum atomic E-state index is -0.589. The van der Waals surface area contributed by atoms with Crippen molar-refractivity contribution in [1.82, 2.24) is 5.32 Å². The number of rotatable bonds is 7. The highest BCUT2D eigenvalue weighted by atomic mass is 16.5. The number of ether oxygens (including phenoxy) is 3. The molecular formula is C32H32N2O6. The number of carbonyl (C=O) groups is 2. The van der Waals surface area contributed by atoms with E-state index in [0.717, 1.165) is 16.8 Å². The number of allylic oxidation sites excluding steroid dienone is 3. The SMILES string of the molecule is COc1ccc(NC(=O)C2=C(C)NC3=C(C(=O)C[C@@H](c4ccc(OC)c(OC)c4)C3)[C@H]2c2ccc(O)cc2)cc1. The number of Topliss-reactive ketones (excluding diaryl/α,β-unsaturated/α-hetero) is 1. The lowest BCUT2D eigenvalue weighted by molar-refractivity contribution is -0.116. The molecule has 1 heterocycles. The van der Waals surface area contributed by atoms with E-state index in [-0.39, 0.29) is 29.8 Å². The summed E-state index contributed by atoms with van der Waals surface area (Å²) in [5.41, 5.74) is 4.84. The summed E-state index contributed by atoms with van der Waals surface area (Å²) in [4.78, 5) is 27.6. The molecule has 8 nitrogen and oxygen atoms in total. The van der Waals surface area contributed by atoms with Crippen molar-refractivity contribution in [3.05, 3.63) is 100 Å². The molecule has 0 saturated carbocycles. The Morgan fingerprint density at radius 1 is 0.875 bits per heavy atom. The molecule has 206 valence electrons. The van der Waals surface area contributed by atoms with E-state index in [9.17, 15) is 14.7 Å². The first-order valence-corrected chi connectivity index (χ1v) is 13.0. The zero-order valence-electron chi connectivity index (χ0n) is 22.9. The topological polar surface area (TPSA) is 106 Å². The van der Waals surface area contributed by atoms with Crippen LogP contribution in [-0.2, 0) is 9.59 Å². The van der Waals surface area contributed by atoms with Crippen molar-refractivity contribution in [1.29, 1.82) is 0 Å². The summed E-state index contributed by atoms with van der Waals surface area (Å²) in [6.07, 6.45) is 0.882. The van der Waals surface area contributed by atoms with Gasteiger partial charge in [0, 0.05) is 40.6 Å². The molecule has 0 saturated heterocycles. The summed E-state index contributed by atoms with van der Waals surface area (Å²) in [7, 11) is 4.76. The second kappa shape index (κ2) is 11.2. The average Bonchev–Trinajstić information content (AvgIpc) is 2.96. The van der Waals surface area contributed by atoms with E-state index in [1.54, 1.807) is 69.9 Å². The predicted octanol–water partition coefficient (Wildman–Crippen LogP) is 5.42. The van der Waals surface area contributed by atoms with Crippen molar-refractivity contribution in [2.24, 2.45) is 0 Å². The predicted molar refractivity (Wildman–Crippen MR) is 152 cm³/mol. The fourth-order valence-corrected chi connectivity index (χ4v) is 5.56. The number of nitrogens with one attached hydrogen (secondary N) is 2. The molecule has 0 spiro atoms. The average molecular weight is 541 g/mol. The Labute approximate surface area is 233 Å². The van der Waals surface area contributed by atoms with Crippen LogP contribution in [0.25, 0.3) is 0 Å². The zero-order valence-corrected chi connectivity index (χ0v) is 22.9. The standard InChI is InChI=1S/C32H32N2O6/c1-18-29(32(37)34-22-8-12-24(38-2)13-9-22)30(19-5-10-23(35)11-6-19)31-25(33-18)15-21(16-26(31)36)20-7-14-27(39-3)28(17-20)40-4/h5-14,17,21,30,33,35H,15-16H2,1-4H3,(H,34,37)/t21-,30-/m0/s1. The molecule has 0 unspecified atom stereocenters. The Balaban J connectivity index is 1.52. The lowest BCUT2D eigenvalue weighted by Gasteiger charge is -2.37. The van der Waals surface area contributed by atoms with Crippen molar-refractivity contribution in [3.63, 3.8) is 0 Å². The summed E-state index contributed by atoms with van der Waals surface area (Å²) >= 11 is 0. The molecular weight excluding hydrogens is 508 g/mol. The maximum atomic E-state index is 13.9. The van der Waals surface area contributed by atoms with Gasteiger partial charge in [0.25, 0.3) is 5.91 Å². The van der Waals surface area contributed by atoms with Crippen LogP contribution in [0.15, 0.2) is 89.3 Å². The van der Waals surface area contributed by atoms with Crippen molar-refractivity contribution in [2.75, 3.05) is 26.6 Å². The highest BCUT2D eigenvalue weighted by molar-refractivity contribution is 6.10. The normalized spacial score (nSPS) is 18.6. The van der Waals surface area contributed by atoms with Crippen molar-refractivity contribution >= 4 is 17.4 Å². The summed E-state index contributed by atoms with van der Waals surface area (Å²) in [5, 5.41) is 16.3. The molecule has 8 heteroatoms. The number of hydrogen-bond acceptors (Lipinski definition) is 7. The maximum Gasteiger partial charge on any atom is 0.254 e. The molecule has 0 radical (unpaired) electrons.